The minimum Gasteiger partial charge on any atom is -0.384 e. The Morgan fingerprint density at radius 1 is 0.733 bits per heavy atom. The molecule has 0 saturated heterocycles. The Morgan fingerprint density at radius 3 is 1.91 bits per heavy atom. The van der Waals surface area contributed by atoms with Crippen molar-refractivity contribution in [3.63, 3.8) is 0 Å². The Hall–Kier alpha value is -4.69. The van der Waals surface area contributed by atoms with Gasteiger partial charge in [0, 0.05) is 17.7 Å². The van der Waals surface area contributed by atoms with Gasteiger partial charge >= 0.3 is 0 Å². The van der Waals surface area contributed by atoms with Crippen molar-refractivity contribution in [2.24, 2.45) is 17.4 Å². The van der Waals surface area contributed by atoms with Crippen LogP contribution < -0.4 is 22.1 Å². The number of nitrogens with one attached hydrogen (secondary N) is 4. The molecular formula is C36H41ClN6O2. The molecule has 1 aliphatic rings. The van der Waals surface area contributed by atoms with Crippen LogP contribution in [0, 0.1) is 16.7 Å². The first-order chi connectivity index (χ1) is 21.3. The predicted octanol–water partition coefficient (Wildman–Crippen LogP) is 5.54. The number of fused-ring (bicyclic) bond motifs is 1. The summed E-state index contributed by atoms with van der Waals surface area (Å²) in [5.41, 5.74) is 15.2. The highest BCUT2D eigenvalue weighted by atomic mass is 35.5. The molecule has 9 heteroatoms. The molecule has 0 heterocycles. The number of benzene rings is 4. The molecule has 0 spiro atoms. The van der Waals surface area contributed by atoms with Gasteiger partial charge in [-0.1, -0.05) is 110 Å². The van der Waals surface area contributed by atoms with E-state index in [0.29, 0.717) is 24.1 Å². The van der Waals surface area contributed by atoms with Crippen LogP contribution in [0.25, 0.3) is 10.8 Å². The first-order valence-electron chi connectivity index (χ1n) is 15.2. The molecule has 1 unspecified atom stereocenters. The maximum Gasteiger partial charge on any atom is 0.243 e. The average molecular weight is 625 g/mol. The van der Waals surface area contributed by atoms with Crippen LogP contribution in [0.4, 0.5) is 0 Å². The number of hydrogen-bond acceptors (Lipinski definition) is 4. The zero-order valence-electron chi connectivity index (χ0n) is 25.2. The van der Waals surface area contributed by atoms with Crippen LogP contribution in [0.3, 0.4) is 0 Å². The van der Waals surface area contributed by atoms with E-state index in [1.165, 1.54) is 0 Å². The van der Waals surface area contributed by atoms with Gasteiger partial charge in [0.1, 0.15) is 17.7 Å². The predicted molar refractivity (Wildman–Crippen MR) is 183 cm³/mol. The molecule has 1 fully saturated rings. The van der Waals surface area contributed by atoms with Crippen molar-refractivity contribution in [3.05, 3.63) is 119 Å². The third-order valence-electron chi connectivity index (χ3n) is 8.63. The van der Waals surface area contributed by atoms with Gasteiger partial charge < -0.3 is 22.1 Å². The lowest BCUT2D eigenvalue weighted by Crippen LogP contribution is -2.52. The lowest BCUT2D eigenvalue weighted by Gasteiger charge is -2.31. The highest BCUT2D eigenvalue weighted by molar-refractivity contribution is 5.96. The van der Waals surface area contributed by atoms with Crippen LogP contribution >= 0.6 is 12.4 Å². The van der Waals surface area contributed by atoms with Crippen LogP contribution in [0.15, 0.2) is 91.0 Å². The monoisotopic (exact) mass is 624 g/mol. The van der Waals surface area contributed by atoms with Gasteiger partial charge in [0.2, 0.25) is 11.8 Å². The van der Waals surface area contributed by atoms with Gasteiger partial charge in [0.15, 0.2) is 0 Å². The van der Waals surface area contributed by atoms with E-state index in [-0.39, 0.29) is 41.8 Å². The fourth-order valence-corrected chi connectivity index (χ4v) is 6.06. The molecule has 0 radical (unpaired) electrons. The smallest absolute Gasteiger partial charge is 0.243 e. The topological polar surface area (TPSA) is 158 Å². The quantitative estimate of drug-likeness (QED) is 0.0956. The molecule has 4 aromatic rings. The number of carbonyl (C=O) groups excluding carboxylic acids is 2. The Kier molecular flexibility index (Phi) is 11.3. The molecule has 0 bridgehead atoms. The lowest BCUT2D eigenvalue weighted by molar-refractivity contribution is -0.131. The number of amides is 2. The van der Waals surface area contributed by atoms with Crippen LogP contribution in [-0.4, -0.2) is 29.5 Å². The molecule has 8 N–H and O–H groups in total. The average Bonchev–Trinajstić information content (AvgIpc) is 3.05. The van der Waals surface area contributed by atoms with Gasteiger partial charge in [-0.25, -0.2) is 0 Å². The standard InChI is InChI=1S/C36H40N6O2.ClH/c37-33(38)27-14-10-23(11-15-27)20-31(30-19-18-25-6-4-5-9-29(25)21-30)35(43)42-32(26-7-2-1-3-8-26)36(44)41-22-24-12-16-28(17-13-24)34(39)40;/h4-6,9-19,21,26,31-32H,1-3,7-8,20,22H2,(H3,37,38)(H3,39,40)(H,41,44)(H,42,43);1H/t31?,32-;/m0./s1. The van der Waals surface area contributed by atoms with E-state index in [9.17, 15) is 9.59 Å². The maximum atomic E-state index is 14.2. The third kappa shape index (κ3) is 8.48. The van der Waals surface area contributed by atoms with Crippen molar-refractivity contribution in [2.45, 2.75) is 57.0 Å². The van der Waals surface area contributed by atoms with E-state index in [1.807, 2.05) is 60.7 Å². The summed E-state index contributed by atoms with van der Waals surface area (Å²) in [6.07, 6.45) is 5.42. The zero-order chi connectivity index (χ0) is 31.1. The highest BCUT2D eigenvalue weighted by Crippen LogP contribution is 2.29. The number of hydrogen-bond donors (Lipinski definition) is 6. The minimum absolute atomic E-state index is 0. The van der Waals surface area contributed by atoms with Gasteiger partial charge in [0.05, 0.1) is 5.92 Å². The van der Waals surface area contributed by atoms with Crippen molar-refractivity contribution < 1.29 is 9.59 Å². The molecule has 234 valence electrons. The second kappa shape index (κ2) is 15.3. The number of amidine groups is 2. The van der Waals surface area contributed by atoms with Crippen LogP contribution in [0.5, 0.6) is 0 Å². The SMILES string of the molecule is Cl.N=C(N)c1ccc(CNC(=O)[C@@H](NC(=O)C(Cc2ccc(C(=N)N)cc2)c2ccc3ccccc3c2)C2CCCCC2)cc1. The molecule has 2 amide bonds. The van der Waals surface area contributed by atoms with E-state index in [1.54, 1.807) is 24.3 Å². The summed E-state index contributed by atoms with van der Waals surface area (Å²) in [4.78, 5) is 27.9. The van der Waals surface area contributed by atoms with Gasteiger partial charge in [-0.3, -0.25) is 20.4 Å². The van der Waals surface area contributed by atoms with E-state index < -0.39 is 12.0 Å². The number of nitrogens with two attached hydrogens (primary N) is 2. The van der Waals surface area contributed by atoms with E-state index in [4.69, 9.17) is 22.3 Å². The summed E-state index contributed by atoms with van der Waals surface area (Å²) in [7, 11) is 0. The van der Waals surface area contributed by atoms with Crippen LogP contribution in [0.2, 0.25) is 0 Å². The number of nitrogen functional groups attached to an aromatic ring is 2. The number of rotatable bonds is 11. The number of carbonyl (C=O) groups is 2. The van der Waals surface area contributed by atoms with Gasteiger partial charge in [-0.15, -0.1) is 12.4 Å². The van der Waals surface area contributed by atoms with Gasteiger partial charge in [-0.05, 0) is 52.6 Å². The molecule has 1 aliphatic carbocycles. The zero-order valence-corrected chi connectivity index (χ0v) is 26.0. The summed E-state index contributed by atoms with van der Waals surface area (Å²) in [5, 5.41) is 23.7. The first-order valence-corrected chi connectivity index (χ1v) is 15.2. The summed E-state index contributed by atoms with van der Waals surface area (Å²) < 4.78 is 0. The Labute approximate surface area is 270 Å². The molecule has 4 aromatic carbocycles. The normalized spacial score (nSPS) is 14.5. The van der Waals surface area contributed by atoms with Crippen molar-refractivity contribution in [1.82, 2.24) is 10.6 Å². The van der Waals surface area contributed by atoms with E-state index in [2.05, 4.69) is 16.7 Å². The summed E-state index contributed by atoms with van der Waals surface area (Å²) in [6, 6.07) is 28.1. The Morgan fingerprint density at radius 2 is 1.31 bits per heavy atom. The molecule has 5 rings (SSSR count). The summed E-state index contributed by atoms with van der Waals surface area (Å²) >= 11 is 0. The maximum absolute atomic E-state index is 14.2. The summed E-state index contributed by atoms with van der Waals surface area (Å²) in [5.74, 6) is -0.856. The number of halogens is 1. The van der Waals surface area contributed by atoms with Gasteiger partial charge in [0.25, 0.3) is 0 Å². The molecule has 0 aromatic heterocycles. The molecule has 45 heavy (non-hydrogen) atoms. The van der Waals surface area contributed by atoms with Gasteiger partial charge in [-0.2, -0.15) is 0 Å². The molecular weight excluding hydrogens is 584 g/mol. The largest absolute Gasteiger partial charge is 0.384 e. The summed E-state index contributed by atoms with van der Waals surface area (Å²) in [6.45, 7) is 0.312. The Balaban J connectivity index is 0.00000461. The highest BCUT2D eigenvalue weighted by Gasteiger charge is 2.33. The molecule has 0 aliphatic heterocycles. The van der Waals surface area contributed by atoms with E-state index >= 15 is 0 Å². The second-order valence-electron chi connectivity index (χ2n) is 11.7. The van der Waals surface area contributed by atoms with Crippen LogP contribution in [0.1, 0.15) is 65.8 Å². The first kappa shape index (κ1) is 33.2. The lowest BCUT2D eigenvalue weighted by atomic mass is 9.82. The molecule has 1 saturated carbocycles. The molecule has 2 atom stereocenters. The second-order valence-corrected chi connectivity index (χ2v) is 11.7. The van der Waals surface area contributed by atoms with E-state index in [0.717, 1.165) is 59.6 Å². The van der Waals surface area contributed by atoms with Crippen molar-refractivity contribution in [1.29, 1.82) is 10.8 Å². The fraction of sp³-hybridized carbons (Fsp3) is 0.278. The molecule has 8 nitrogen and oxygen atoms in total. The third-order valence-corrected chi connectivity index (χ3v) is 8.63. The Bertz CT molecular complexity index is 1650. The van der Waals surface area contributed by atoms with Crippen molar-refractivity contribution >= 4 is 46.7 Å². The van der Waals surface area contributed by atoms with Crippen molar-refractivity contribution in [3.8, 4) is 0 Å². The fourth-order valence-electron chi connectivity index (χ4n) is 6.06. The van der Waals surface area contributed by atoms with Crippen molar-refractivity contribution in [2.75, 3.05) is 0 Å². The minimum atomic E-state index is -0.651. The van der Waals surface area contributed by atoms with Crippen LogP contribution in [-0.2, 0) is 22.6 Å².